The molecular formula is C15H21ClFN3O2. The van der Waals surface area contributed by atoms with Gasteiger partial charge in [0, 0.05) is 33.2 Å². The molecule has 0 unspecified atom stereocenters. The van der Waals surface area contributed by atoms with Gasteiger partial charge in [-0.3, -0.25) is 9.59 Å². The normalized spacial score (nSPS) is 14.2. The third-order valence-electron chi connectivity index (χ3n) is 3.51. The second kappa shape index (κ2) is 8.70. The Hall–Kier alpha value is -1.66. The van der Waals surface area contributed by atoms with Crippen LogP contribution in [0.2, 0.25) is 0 Å². The Morgan fingerprint density at radius 2 is 2.00 bits per heavy atom. The van der Waals surface area contributed by atoms with Gasteiger partial charge in [0.1, 0.15) is 5.82 Å². The quantitative estimate of drug-likeness (QED) is 0.884. The maximum Gasteiger partial charge on any atom is 0.242 e. The largest absolute Gasteiger partial charge is 0.339 e. The number of benzene rings is 1. The van der Waals surface area contributed by atoms with Crippen molar-refractivity contribution in [1.29, 1.82) is 0 Å². The van der Waals surface area contributed by atoms with Gasteiger partial charge in [0.2, 0.25) is 11.8 Å². The second-order valence-electron chi connectivity index (χ2n) is 5.19. The molecule has 1 heterocycles. The summed E-state index contributed by atoms with van der Waals surface area (Å²) in [5.41, 5.74) is 0.612. The van der Waals surface area contributed by atoms with Gasteiger partial charge < -0.3 is 15.1 Å². The number of halogens is 2. The highest BCUT2D eigenvalue weighted by molar-refractivity contribution is 5.86. The molecule has 1 aromatic rings. The number of nitrogens with one attached hydrogen (secondary N) is 1. The van der Waals surface area contributed by atoms with E-state index in [9.17, 15) is 14.0 Å². The Kier molecular flexibility index (Phi) is 7.27. The van der Waals surface area contributed by atoms with Gasteiger partial charge in [0.25, 0.3) is 0 Å². The minimum absolute atomic E-state index is 0. The van der Waals surface area contributed by atoms with E-state index in [-0.39, 0.29) is 43.0 Å². The minimum Gasteiger partial charge on any atom is -0.339 e. The van der Waals surface area contributed by atoms with Crippen LogP contribution in [0.3, 0.4) is 0 Å². The molecular weight excluding hydrogens is 309 g/mol. The maximum atomic E-state index is 13.1. The van der Waals surface area contributed by atoms with Crippen molar-refractivity contribution >= 4 is 24.2 Å². The predicted octanol–water partition coefficient (Wildman–Crippen LogP) is 0.680. The maximum absolute atomic E-state index is 13.1. The van der Waals surface area contributed by atoms with Gasteiger partial charge in [-0.15, -0.1) is 12.4 Å². The number of hydrogen-bond donors (Lipinski definition) is 1. The molecule has 2 amide bonds. The fourth-order valence-electron chi connectivity index (χ4n) is 2.26. The van der Waals surface area contributed by atoms with Crippen molar-refractivity contribution in [2.75, 3.05) is 39.8 Å². The van der Waals surface area contributed by atoms with Gasteiger partial charge in [-0.05, 0) is 17.7 Å². The highest BCUT2D eigenvalue weighted by Gasteiger charge is 2.20. The molecule has 5 nitrogen and oxygen atoms in total. The Morgan fingerprint density at radius 3 is 2.64 bits per heavy atom. The first-order chi connectivity index (χ1) is 10.1. The van der Waals surface area contributed by atoms with Crippen LogP contribution in [0, 0.1) is 5.82 Å². The van der Waals surface area contributed by atoms with Gasteiger partial charge >= 0.3 is 0 Å². The molecule has 122 valence electrons. The lowest BCUT2D eigenvalue weighted by molar-refractivity contribution is -0.139. The molecule has 1 saturated heterocycles. The van der Waals surface area contributed by atoms with E-state index in [0.29, 0.717) is 18.7 Å². The van der Waals surface area contributed by atoms with E-state index in [1.807, 2.05) is 0 Å². The summed E-state index contributed by atoms with van der Waals surface area (Å²) < 4.78 is 13.1. The molecule has 1 N–H and O–H groups in total. The molecule has 2 rings (SSSR count). The fraction of sp³-hybridized carbons (Fsp3) is 0.467. The van der Waals surface area contributed by atoms with Crippen LogP contribution in [0.25, 0.3) is 0 Å². The zero-order chi connectivity index (χ0) is 15.2. The average molecular weight is 330 g/mol. The summed E-state index contributed by atoms with van der Waals surface area (Å²) in [5, 5.41) is 3.17. The highest BCUT2D eigenvalue weighted by atomic mass is 35.5. The first-order valence-corrected chi connectivity index (χ1v) is 7.03. The molecule has 0 atom stereocenters. The van der Waals surface area contributed by atoms with Crippen LogP contribution >= 0.6 is 12.4 Å². The lowest BCUT2D eigenvalue weighted by Gasteiger charge is -2.29. The van der Waals surface area contributed by atoms with Crippen LogP contribution in [-0.4, -0.2) is 61.4 Å². The number of amides is 2. The molecule has 0 aromatic heterocycles. The number of rotatable bonds is 4. The fourth-order valence-corrected chi connectivity index (χ4v) is 2.26. The molecule has 1 fully saturated rings. The van der Waals surface area contributed by atoms with Gasteiger partial charge in [-0.2, -0.15) is 0 Å². The number of hydrogen-bond acceptors (Lipinski definition) is 3. The molecule has 0 saturated carbocycles. The summed E-state index contributed by atoms with van der Waals surface area (Å²) >= 11 is 0. The zero-order valence-electron chi connectivity index (χ0n) is 12.5. The van der Waals surface area contributed by atoms with Crippen molar-refractivity contribution in [2.24, 2.45) is 0 Å². The number of carbonyl (C=O) groups excluding carboxylic acids is 2. The molecule has 1 aliphatic rings. The average Bonchev–Trinajstić information content (AvgIpc) is 2.48. The summed E-state index contributed by atoms with van der Waals surface area (Å²) in [5.74, 6) is -0.601. The van der Waals surface area contributed by atoms with Gasteiger partial charge in [0.05, 0.1) is 13.0 Å². The van der Waals surface area contributed by atoms with Crippen LogP contribution < -0.4 is 5.32 Å². The number of nitrogens with zero attached hydrogens (tertiary/aromatic N) is 2. The van der Waals surface area contributed by atoms with Crippen LogP contribution in [0.1, 0.15) is 5.56 Å². The zero-order valence-corrected chi connectivity index (χ0v) is 13.4. The van der Waals surface area contributed by atoms with Crippen molar-refractivity contribution in [1.82, 2.24) is 15.1 Å². The van der Waals surface area contributed by atoms with Crippen molar-refractivity contribution < 1.29 is 14.0 Å². The molecule has 7 heteroatoms. The minimum atomic E-state index is -0.361. The Morgan fingerprint density at radius 1 is 1.32 bits per heavy atom. The summed E-state index contributed by atoms with van der Waals surface area (Å²) in [6.07, 6.45) is 0.100. The monoisotopic (exact) mass is 329 g/mol. The Balaban J connectivity index is 0.00000242. The van der Waals surface area contributed by atoms with Crippen LogP contribution in [0.15, 0.2) is 24.3 Å². The third-order valence-corrected chi connectivity index (χ3v) is 3.51. The van der Waals surface area contributed by atoms with E-state index < -0.39 is 0 Å². The summed E-state index contributed by atoms with van der Waals surface area (Å²) in [7, 11) is 1.60. The van der Waals surface area contributed by atoms with E-state index in [0.717, 1.165) is 13.1 Å². The van der Waals surface area contributed by atoms with E-state index in [1.165, 1.54) is 17.0 Å². The van der Waals surface area contributed by atoms with Gasteiger partial charge in [-0.25, -0.2) is 4.39 Å². The van der Waals surface area contributed by atoms with E-state index in [4.69, 9.17) is 0 Å². The molecule has 0 spiro atoms. The lowest BCUT2D eigenvalue weighted by Crippen LogP contribution is -2.49. The smallest absolute Gasteiger partial charge is 0.242 e. The van der Waals surface area contributed by atoms with Crippen molar-refractivity contribution in [3.63, 3.8) is 0 Å². The predicted molar refractivity (Wildman–Crippen MR) is 84.4 cm³/mol. The number of carbonyl (C=O) groups is 2. The Labute approximate surface area is 135 Å². The summed E-state index contributed by atoms with van der Waals surface area (Å²) in [4.78, 5) is 27.3. The summed E-state index contributed by atoms with van der Waals surface area (Å²) in [6, 6.07) is 5.95. The standard InChI is InChI=1S/C15H20FN3O2.ClH/c1-18(11-15(21)19-7-5-17-6-8-19)14(20)10-12-3-2-4-13(16)9-12;/h2-4,9,17H,5-8,10-11H2,1H3;1H. The Bertz CT molecular complexity index is 521. The topological polar surface area (TPSA) is 52.7 Å². The molecule has 1 aromatic carbocycles. The SMILES string of the molecule is CN(CC(=O)N1CCNCC1)C(=O)Cc1cccc(F)c1.Cl. The van der Waals surface area contributed by atoms with Crippen molar-refractivity contribution in [3.8, 4) is 0 Å². The summed E-state index contributed by atoms with van der Waals surface area (Å²) in [6.45, 7) is 2.98. The highest BCUT2D eigenvalue weighted by Crippen LogP contribution is 2.06. The molecule has 0 aliphatic carbocycles. The van der Waals surface area contributed by atoms with Gasteiger partial charge in [-0.1, -0.05) is 12.1 Å². The van der Waals surface area contributed by atoms with Crippen LogP contribution in [0.4, 0.5) is 4.39 Å². The van der Waals surface area contributed by atoms with E-state index in [2.05, 4.69) is 5.32 Å². The first-order valence-electron chi connectivity index (χ1n) is 7.03. The second-order valence-corrected chi connectivity index (χ2v) is 5.19. The number of likely N-dealkylation sites (N-methyl/N-ethyl adjacent to an activating group) is 1. The van der Waals surface area contributed by atoms with E-state index >= 15 is 0 Å². The van der Waals surface area contributed by atoms with Crippen LogP contribution in [-0.2, 0) is 16.0 Å². The van der Waals surface area contributed by atoms with Crippen LogP contribution in [0.5, 0.6) is 0 Å². The van der Waals surface area contributed by atoms with Crippen molar-refractivity contribution in [2.45, 2.75) is 6.42 Å². The molecule has 0 bridgehead atoms. The van der Waals surface area contributed by atoms with E-state index in [1.54, 1.807) is 24.1 Å². The lowest BCUT2D eigenvalue weighted by atomic mass is 10.1. The molecule has 22 heavy (non-hydrogen) atoms. The first kappa shape index (κ1) is 18.4. The molecule has 1 aliphatic heterocycles. The third kappa shape index (κ3) is 5.27. The molecule has 0 radical (unpaired) electrons. The number of piperazine rings is 1. The van der Waals surface area contributed by atoms with Gasteiger partial charge in [0.15, 0.2) is 0 Å². The van der Waals surface area contributed by atoms with Crippen molar-refractivity contribution in [3.05, 3.63) is 35.6 Å².